The summed E-state index contributed by atoms with van der Waals surface area (Å²) in [5.41, 5.74) is -1.29. The third kappa shape index (κ3) is 3.69. The van der Waals surface area contributed by atoms with E-state index < -0.39 is 40.9 Å². The van der Waals surface area contributed by atoms with Gasteiger partial charge in [-0.05, 0) is 32.1 Å². The molecule has 0 saturated heterocycles. The van der Waals surface area contributed by atoms with Crippen molar-refractivity contribution in [1.82, 2.24) is 5.32 Å². The molecule has 19 heavy (non-hydrogen) atoms. The van der Waals surface area contributed by atoms with Crippen molar-refractivity contribution in [3.63, 3.8) is 0 Å². The number of carboxylic acid groups (broad SMARTS) is 1. The molecule has 5 nitrogen and oxygen atoms in total. The molecule has 1 rings (SSSR count). The van der Waals surface area contributed by atoms with Crippen LogP contribution in [0, 0.1) is 11.6 Å². The van der Waals surface area contributed by atoms with Gasteiger partial charge in [0.05, 0.1) is 17.2 Å². The molecule has 2 atom stereocenters. The summed E-state index contributed by atoms with van der Waals surface area (Å²) in [4.78, 5) is 10.6. The third-order valence-corrected chi connectivity index (χ3v) is 2.68. The van der Waals surface area contributed by atoms with Crippen LogP contribution in [0.2, 0.25) is 0 Å². The quantitative estimate of drug-likeness (QED) is 0.612. The number of aromatic carboxylic acids is 1. The van der Waals surface area contributed by atoms with Crippen LogP contribution in [0.15, 0.2) is 12.1 Å². The first-order valence-electron chi connectivity index (χ1n) is 5.61. The van der Waals surface area contributed by atoms with Gasteiger partial charge in [-0.15, -0.1) is 0 Å². The Morgan fingerprint density at radius 1 is 1.32 bits per heavy atom. The van der Waals surface area contributed by atoms with Gasteiger partial charge in [-0.3, -0.25) is 0 Å². The highest BCUT2D eigenvalue weighted by Gasteiger charge is 2.26. The van der Waals surface area contributed by atoms with E-state index in [1.54, 1.807) is 7.05 Å². The first kappa shape index (κ1) is 15.5. The maximum atomic E-state index is 13.6. The fourth-order valence-corrected chi connectivity index (χ4v) is 1.63. The van der Waals surface area contributed by atoms with Gasteiger partial charge in [0.2, 0.25) is 0 Å². The van der Waals surface area contributed by atoms with Gasteiger partial charge in [0, 0.05) is 0 Å². The molecule has 2 unspecified atom stereocenters. The smallest absolute Gasteiger partial charge is 0.335 e. The summed E-state index contributed by atoms with van der Waals surface area (Å²) in [6.45, 7) is 0.356. The molecule has 0 bridgehead atoms. The second-order valence-electron chi connectivity index (χ2n) is 4.06. The van der Waals surface area contributed by atoms with E-state index in [1.165, 1.54) is 0 Å². The molecule has 0 aromatic heterocycles. The number of aliphatic hydroxyl groups is 2. The molecule has 0 aliphatic heterocycles. The van der Waals surface area contributed by atoms with E-state index in [-0.39, 0.29) is 6.42 Å². The molecule has 106 valence electrons. The SMILES string of the molecule is CNCCC(O)C(O)c1c(F)cc(C(=O)O)cc1F. The average molecular weight is 275 g/mol. The van der Waals surface area contributed by atoms with Crippen molar-refractivity contribution in [2.75, 3.05) is 13.6 Å². The standard InChI is InChI=1S/C12H15F2NO4/c1-15-3-2-9(16)11(17)10-7(13)4-6(12(18)19)5-8(10)14/h4-5,9,11,15-17H,2-3H2,1H3,(H,18,19). The highest BCUT2D eigenvalue weighted by Crippen LogP contribution is 2.26. The van der Waals surface area contributed by atoms with Gasteiger partial charge in [0.1, 0.15) is 17.7 Å². The molecular formula is C12H15F2NO4. The first-order valence-corrected chi connectivity index (χ1v) is 5.61. The molecule has 0 fully saturated rings. The van der Waals surface area contributed by atoms with Crippen LogP contribution in [-0.2, 0) is 0 Å². The average Bonchev–Trinajstić information content (AvgIpc) is 2.34. The van der Waals surface area contributed by atoms with Crippen molar-refractivity contribution in [1.29, 1.82) is 0 Å². The second kappa shape index (κ2) is 6.55. The molecule has 0 heterocycles. The second-order valence-corrected chi connectivity index (χ2v) is 4.06. The number of hydrogen-bond donors (Lipinski definition) is 4. The minimum Gasteiger partial charge on any atom is -0.478 e. The van der Waals surface area contributed by atoms with Gasteiger partial charge in [-0.1, -0.05) is 0 Å². The highest BCUT2D eigenvalue weighted by molar-refractivity contribution is 5.87. The number of halogens is 2. The van der Waals surface area contributed by atoms with E-state index in [2.05, 4.69) is 5.32 Å². The van der Waals surface area contributed by atoms with Crippen molar-refractivity contribution in [3.05, 3.63) is 34.9 Å². The minimum absolute atomic E-state index is 0.0945. The monoisotopic (exact) mass is 275 g/mol. The molecule has 0 saturated carbocycles. The zero-order chi connectivity index (χ0) is 14.6. The number of benzene rings is 1. The lowest BCUT2D eigenvalue weighted by Gasteiger charge is -2.19. The largest absolute Gasteiger partial charge is 0.478 e. The molecule has 0 radical (unpaired) electrons. The van der Waals surface area contributed by atoms with Crippen LogP contribution in [0.4, 0.5) is 8.78 Å². The zero-order valence-electron chi connectivity index (χ0n) is 10.2. The molecule has 4 N–H and O–H groups in total. The summed E-state index contributed by atoms with van der Waals surface area (Å²) >= 11 is 0. The lowest BCUT2D eigenvalue weighted by atomic mass is 9.99. The van der Waals surface area contributed by atoms with Crippen LogP contribution < -0.4 is 5.32 Å². The minimum atomic E-state index is -1.75. The van der Waals surface area contributed by atoms with Gasteiger partial charge < -0.3 is 20.6 Å². The normalized spacial score (nSPS) is 14.2. The number of rotatable bonds is 6. The van der Waals surface area contributed by atoms with Crippen LogP contribution in [-0.4, -0.2) is 41.0 Å². The molecule has 0 amide bonds. The Labute approximate surface area is 108 Å². The fourth-order valence-electron chi connectivity index (χ4n) is 1.63. The van der Waals surface area contributed by atoms with Gasteiger partial charge in [0.15, 0.2) is 0 Å². The maximum absolute atomic E-state index is 13.6. The van der Waals surface area contributed by atoms with Gasteiger partial charge in [0.25, 0.3) is 0 Å². The molecular weight excluding hydrogens is 260 g/mol. The van der Waals surface area contributed by atoms with Crippen molar-refractivity contribution < 1.29 is 28.9 Å². The molecule has 0 spiro atoms. The third-order valence-electron chi connectivity index (χ3n) is 2.68. The summed E-state index contributed by atoms with van der Waals surface area (Å²) in [5, 5.41) is 30.6. The van der Waals surface area contributed by atoms with Gasteiger partial charge in [-0.2, -0.15) is 0 Å². The van der Waals surface area contributed by atoms with Crippen molar-refractivity contribution in [2.24, 2.45) is 0 Å². The van der Waals surface area contributed by atoms with E-state index in [4.69, 9.17) is 5.11 Å². The Balaban J connectivity index is 3.03. The number of nitrogens with one attached hydrogen (secondary N) is 1. The van der Waals surface area contributed by atoms with E-state index in [9.17, 15) is 23.8 Å². The highest BCUT2D eigenvalue weighted by atomic mass is 19.1. The van der Waals surface area contributed by atoms with Gasteiger partial charge in [-0.25, -0.2) is 13.6 Å². The van der Waals surface area contributed by atoms with Crippen LogP contribution in [0.5, 0.6) is 0 Å². The molecule has 0 aliphatic carbocycles. The van der Waals surface area contributed by atoms with E-state index in [0.29, 0.717) is 18.7 Å². The number of carbonyl (C=O) groups is 1. The predicted octanol–water partition coefficient (Wildman–Crippen LogP) is 0.667. The van der Waals surface area contributed by atoms with Crippen molar-refractivity contribution in [2.45, 2.75) is 18.6 Å². The Kier molecular flexibility index (Phi) is 5.34. The summed E-state index contributed by atoms with van der Waals surface area (Å²) in [6.07, 6.45) is -3.01. The number of carboxylic acids is 1. The van der Waals surface area contributed by atoms with E-state index in [1.807, 2.05) is 0 Å². The van der Waals surface area contributed by atoms with Crippen LogP contribution in [0.3, 0.4) is 0 Å². The Bertz CT molecular complexity index is 444. The lowest BCUT2D eigenvalue weighted by Crippen LogP contribution is -2.25. The van der Waals surface area contributed by atoms with E-state index in [0.717, 1.165) is 0 Å². The van der Waals surface area contributed by atoms with Crippen molar-refractivity contribution >= 4 is 5.97 Å². The van der Waals surface area contributed by atoms with Crippen LogP contribution >= 0.6 is 0 Å². The molecule has 1 aromatic rings. The summed E-state index contributed by atoms with van der Waals surface area (Å²) in [6, 6.07) is 1.21. The summed E-state index contributed by atoms with van der Waals surface area (Å²) < 4.78 is 27.2. The molecule has 1 aromatic carbocycles. The zero-order valence-corrected chi connectivity index (χ0v) is 10.2. The molecule has 7 heteroatoms. The van der Waals surface area contributed by atoms with E-state index >= 15 is 0 Å². The van der Waals surface area contributed by atoms with Gasteiger partial charge >= 0.3 is 5.97 Å². The fraction of sp³-hybridized carbons (Fsp3) is 0.417. The number of hydrogen-bond acceptors (Lipinski definition) is 4. The summed E-state index contributed by atoms with van der Waals surface area (Å²) in [5.74, 6) is -3.88. The van der Waals surface area contributed by atoms with Crippen molar-refractivity contribution in [3.8, 4) is 0 Å². The van der Waals surface area contributed by atoms with Crippen LogP contribution in [0.1, 0.15) is 28.4 Å². The van der Waals surface area contributed by atoms with Crippen LogP contribution in [0.25, 0.3) is 0 Å². The molecule has 0 aliphatic rings. The predicted molar refractivity (Wildman–Crippen MR) is 62.8 cm³/mol. The first-order chi connectivity index (χ1) is 8.88. The lowest BCUT2D eigenvalue weighted by molar-refractivity contribution is 0.00978. The number of aliphatic hydroxyl groups excluding tert-OH is 2. The Morgan fingerprint density at radius 2 is 1.84 bits per heavy atom. The topological polar surface area (TPSA) is 89.8 Å². The Hall–Kier alpha value is -1.57. The maximum Gasteiger partial charge on any atom is 0.335 e. The Morgan fingerprint density at radius 3 is 2.26 bits per heavy atom. The summed E-state index contributed by atoms with van der Waals surface area (Å²) in [7, 11) is 1.63.